The van der Waals surface area contributed by atoms with Gasteiger partial charge in [0.25, 0.3) is 5.91 Å². The first-order valence-corrected chi connectivity index (χ1v) is 7.83. The molecule has 5 nitrogen and oxygen atoms in total. The molecule has 1 amide bonds. The maximum Gasteiger partial charge on any atom is 0.276 e. The number of amides is 1. The number of likely N-dealkylation sites (tertiary alicyclic amines) is 1. The Morgan fingerprint density at radius 3 is 3.09 bits per heavy atom. The molecule has 0 radical (unpaired) electrons. The van der Waals surface area contributed by atoms with Crippen LogP contribution in [0.25, 0.3) is 0 Å². The molecule has 1 aliphatic heterocycles. The van der Waals surface area contributed by atoms with Gasteiger partial charge < -0.3 is 14.1 Å². The average molecular weight is 316 g/mol. The Labute approximate surface area is 133 Å². The molecule has 1 aliphatic carbocycles. The molecular formula is C17H17FN2O3. The number of nitrogens with zero attached hydrogens (tertiary/aromatic N) is 2. The third kappa shape index (κ3) is 2.81. The van der Waals surface area contributed by atoms with E-state index in [0.717, 1.165) is 19.4 Å². The number of hydrogen-bond donors (Lipinski definition) is 0. The van der Waals surface area contributed by atoms with Crippen LogP contribution in [0.4, 0.5) is 4.39 Å². The van der Waals surface area contributed by atoms with Crippen LogP contribution in [0.1, 0.15) is 35.6 Å². The molecule has 2 atom stereocenters. The molecule has 0 spiro atoms. The van der Waals surface area contributed by atoms with Crippen molar-refractivity contribution in [2.24, 2.45) is 5.92 Å². The van der Waals surface area contributed by atoms with Gasteiger partial charge in [0.2, 0.25) is 5.89 Å². The summed E-state index contributed by atoms with van der Waals surface area (Å²) in [4.78, 5) is 18.6. The van der Waals surface area contributed by atoms with Crippen molar-refractivity contribution in [3.8, 4) is 5.75 Å². The lowest BCUT2D eigenvalue weighted by Gasteiger charge is -2.25. The average Bonchev–Trinajstić information content (AvgIpc) is 3.28. The van der Waals surface area contributed by atoms with Crippen molar-refractivity contribution in [1.29, 1.82) is 0 Å². The van der Waals surface area contributed by atoms with Gasteiger partial charge in [-0.2, -0.15) is 0 Å². The molecule has 1 aromatic heterocycles. The van der Waals surface area contributed by atoms with E-state index in [4.69, 9.17) is 9.15 Å². The number of piperidine rings is 1. The van der Waals surface area contributed by atoms with Gasteiger partial charge in [0.15, 0.2) is 12.3 Å². The number of ether oxygens (including phenoxy) is 1. The molecular weight excluding hydrogens is 299 g/mol. The van der Waals surface area contributed by atoms with Crippen LogP contribution in [-0.4, -0.2) is 28.4 Å². The number of aromatic nitrogens is 1. The zero-order valence-electron chi connectivity index (χ0n) is 12.6. The lowest BCUT2D eigenvalue weighted by Crippen LogP contribution is -2.37. The van der Waals surface area contributed by atoms with Crippen LogP contribution < -0.4 is 4.74 Å². The Kier molecular flexibility index (Phi) is 3.52. The van der Waals surface area contributed by atoms with Crippen LogP contribution in [0.5, 0.6) is 5.75 Å². The first-order chi connectivity index (χ1) is 11.2. The van der Waals surface area contributed by atoms with Crippen LogP contribution in [0.2, 0.25) is 0 Å². The van der Waals surface area contributed by atoms with Crippen molar-refractivity contribution in [2.75, 3.05) is 6.54 Å². The summed E-state index contributed by atoms with van der Waals surface area (Å²) in [5.74, 6) is 0.911. The molecule has 2 aliphatic rings. The fraction of sp³-hybridized carbons (Fsp3) is 0.412. The monoisotopic (exact) mass is 316 g/mol. The largest absolute Gasteiger partial charge is 0.484 e. The summed E-state index contributed by atoms with van der Waals surface area (Å²) in [6, 6.07) is 6.21. The molecule has 0 N–H and O–H groups in total. The number of halogens is 1. The Morgan fingerprint density at radius 1 is 1.43 bits per heavy atom. The minimum absolute atomic E-state index is 0.0583. The van der Waals surface area contributed by atoms with Gasteiger partial charge in [-0.15, -0.1) is 0 Å². The van der Waals surface area contributed by atoms with Gasteiger partial charge in [-0.05, 0) is 37.3 Å². The second kappa shape index (κ2) is 5.68. The smallest absolute Gasteiger partial charge is 0.276 e. The predicted octanol–water partition coefficient (Wildman–Crippen LogP) is 3.02. The topological polar surface area (TPSA) is 55.6 Å². The summed E-state index contributed by atoms with van der Waals surface area (Å²) in [6.07, 6.45) is 4.79. The van der Waals surface area contributed by atoms with Crippen LogP contribution in [0.15, 0.2) is 34.9 Å². The minimum atomic E-state index is -0.366. The molecule has 2 unspecified atom stereocenters. The van der Waals surface area contributed by atoms with Gasteiger partial charge in [-0.1, -0.05) is 6.07 Å². The SMILES string of the molecule is O=C(c1coc(COc2cccc(F)c2)n1)N1CC2CCC1C2. The van der Waals surface area contributed by atoms with E-state index >= 15 is 0 Å². The highest BCUT2D eigenvalue weighted by atomic mass is 19.1. The van der Waals surface area contributed by atoms with E-state index in [0.29, 0.717) is 29.3 Å². The van der Waals surface area contributed by atoms with E-state index in [2.05, 4.69) is 4.98 Å². The fourth-order valence-corrected chi connectivity index (χ4v) is 3.50. The standard InChI is InChI=1S/C17H17FN2O3/c18-12-2-1-3-14(7-12)22-10-16-19-15(9-23-16)17(21)20-8-11-4-5-13(20)6-11/h1-3,7,9,11,13H,4-6,8,10H2. The van der Waals surface area contributed by atoms with Gasteiger partial charge in [0.1, 0.15) is 17.8 Å². The molecule has 1 saturated carbocycles. The number of oxazole rings is 1. The number of carbonyl (C=O) groups excluding carboxylic acids is 1. The summed E-state index contributed by atoms with van der Waals surface area (Å²) in [6.45, 7) is 0.883. The predicted molar refractivity (Wildman–Crippen MR) is 79.4 cm³/mol. The summed E-state index contributed by atoms with van der Waals surface area (Å²) in [5, 5.41) is 0. The molecule has 120 valence electrons. The quantitative estimate of drug-likeness (QED) is 0.870. The second-order valence-electron chi connectivity index (χ2n) is 6.16. The lowest BCUT2D eigenvalue weighted by atomic mass is 10.1. The fourth-order valence-electron chi connectivity index (χ4n) is 3.50. The van der Waals surface area contributed by atoms with Crippen LogP contribution in [0, 0.1) is 11.7 Å². The van der Waals surface area contributed by atoms with E-state index in [1.165, 1.54) is 24.8 Å². The number of carbonyl (C=O) groups is 1. The molecule has 2 aromatic rings. The highest BCUT2D eigenvalue weighted by molar-refractivity contribution is 5.92. The van der Waals surface area contributed by atoms with Gasteiger partial charge in [0, 0.05) is 18.7 Å². The van der Waals surface area contributed by atoms with Gasteiger partial charge in [-0.25, -0.2) is 9.37 Å². The molecule has 1 aromatic carbocycles. The zero-order valence-corrected chi connectivity index (χ0v) is 12.6. The molecule has 4 rings (SSSR count). The number of hydrogen-bond acceptors (Lipinski definition) is 4. The van der Waals surface area contributed by atoms with E-state index in [1.54, 1.807) is 12.1 Å². The molecule has 2 heterocycles. The molecule has 6 heteroatoms. The molecule has 1 saturated heterocycles. The van der Waals surface area contributed by atoms with Crippen molar-refractivity contribution >= 4 is 5.91 Å². The number of benzene rings is 1. The van der Waals surface area contributed by atoms with Crippen molar-refractivity contribution in [1.82, 2.24) is 9.88 Å². The van der Waals surface area contributed by atoms with Crippen molar-refractivity contribution in [2.45, 2.75) is 31.9 Å². The Balaban J connectivity index is 1.40. The molecule has 2 fully saturated rings. The van der Waals surface area contributed by atoms with Crippen molar-refractivity contribution in [3.05, 3.63) is 47.9 Å². The second-order valence-corrected chi connectivity index (χ2v) is 6.16. The molecule has 2 bridgehead atoms. The van der Waals surface area contributed by atoms with Crippen LogP contribution >= 0.6 is 0 Å². The summed E-state index contributed by atoms with van der Waals surface area (Å²) in [7, 11) is 0. The number of rotatable bonds is 4. The third-order valence-corrected chi connectivity index (χ3v) is 4.60. The van der Waals surface area contributed by atoms with E-state index in [1.807, 2.05) is 4.90 Å². The minimum Gasteiger partial charge on any atom is -0.484 e. The van der Waals surface area contributed by atoms with Gasteiger partial charge in [0.05, 0.1) is 0 Å². The first-order valence-electron chi connectivity index (χ1n) is 7.83. The summed E-state index contributed by atoms with van der Waals surface area (Å²) in [5.41, 5.74) is 0.315. The third-order valence-electron chi connectivity index (χ3n) is 4.60. The molecule has 23 heavy (non-hydrogen) atoms. The highest BCUT2D eigenvalue weighted by Gasteiger charge is 2.41. The van der Waals surface area contributed by atoms with Crippen molar-refractivity contribution in [3.63, 3.8) is 0 Å². The highest BCUT2D eigenvalue weighted by Crippen LogP contribution is 2.37. The van der Waals surface area contributed by atoms with Gasteiger partial charge >= 0.3 is 0 Å². The van der Waals surface area contributed by atoms with Crippen LogP contribution in [-0.2, 0) is 6.61 Å². The van der Waals surface area contributed by atoms with E-state index in [9.17, 15) is 9.18 Å². The van der Waals surface area contributed by atoms with Crippen molar-refractivity contribution < 1.29 is 18.3 Å². The van der Waals surface area contributed by atoms with Crippen LogP contribution in [0.3, 0.4) is 0 Å². The Bertz CT molecular complexity index is 730. The zero-order chi connectivity index (χ0) is 15.8. The van der Waals surface area contributed by atoms with E-state index in [-0.39, 0.29) is 18.3 Å². The van der Waals surface area contributed by atoms with E-state index < -0.39 is 0 Å². The Hall–Kier alpha value is -2.37. The van der Waals surface area contributed by atoms with Gasteiger partial charge in [-0.3, -0.25) is 4.79 Å². The lowest BCUT2D eigenvalue weighted by molar-refractivity contribution is 0.0697. The Morgan fingerprint density at radius 2 is 2.35 bits per heavy atom. The summed E-state index contributed by atoms with van der Waals surface area (Å²) < 4.78 is 23.8. The normalized spacial score (nSPS) is 22.6. The maximum atomic E-state index is 13.1. The number of fused-ring (bicyclic) bond motifs is 2. The summed E-state index contributed by atoms with van der Waals surface area (Å²) >= 11 is 0. The first kappa shape index (κ1) is 14.2. The maximum absolute atomic E-state index is 13.1.